The number of carbonyl (C=O) groups is 3. The van der Waals surface area contributed by atoms with Crippen molar-refractivity contribution in [3.05, 3.63) is 60.8 Å². The fraction of sp³-hybridized carbons (Fsp3) is 0.814. The van der Waals surface area contributed by atoms with Gasteiger partial charge in [-0.25, -0.2) is 0 Å². The van der Waals surface area contributed by atoms with Crippen molar-refractivity contribution in [1.29, 1.82) is 0 Å². The molecule has 6 heteroatoms. The summed E-state index contributed by atoms with van der Waals surface area (Å²) < 4.78 is 16.8. The first kappa shape index (κ1) is 73.1. The minimum Gasteiger partial charge on any atom is -0.462 e. The normalized spacial score (nSPS) is 12.4. The number of rotatable bonds is 61. The third-order valence-corrected chi connectivity index (χ3v) is 14.8. The van der Waals surface area contributed by atoms with Crippen LogP contribution in [0.5, 0.6) is 0 Å². The first-order valence-corrected chi connectivity index (χ1v) is 33.3. The Balaban J connectivity index is 3.92. The summed E-state index contributed by atoms with van der Waals surface area (Å²) in [5.41, 5.74) is 0. The second kappa shape index (κ2) is 64.6. The van der Waals surface area contributed by atoms with E-state index in [4.69, 9.17) is 14.2 Å². The predicted molar refractivity (Wildman–Crippen MR) is 330 cm³/mol. The van der Waals surface area contributed by atoms with Crippen LogP contribution in [0.4, 0.5) is 0 Å². The maximum Gasteiger partial charge on any atom is 0.306 e. The fourth-order valence-corrected chi connectivity index (χ4v) is 9.79. The zero-order valence-electron chi connectivity index (χ0n) is 50.8. The molecule has 0 radical (unpaired) electrons. The van der Waals surface area contributed by atoms with E-state index in [0.29, 0.717) is 19.3 Å². The molecule has 0 aliphatic carbocycles. The van der Waals surface area contributed by atoms with Crippen molar-refractivity contribution < 1.29 is 28.6 Å². The van der Waals surface area contributed by atoms with Crippen LogP contribution in [0.25, 0.3) is 0 Å². The smallest absolute Gasteiger partial charge is 0.306 e. The van der Waals surface area contributed by atoms with E-state index >= 15 is 0 Å². The number of unbranched alkanes of at least 4 members (excludes halogenated alkanes) is 40. The van der Waals surface area contributed by atoms with Gasteiger partial charge >= 0.3 is 17.9 Å². The summed E-state index contributed by atoms with van der Waals surface area (Å²) in [5.74, 6) is -0.901. The molecule has 0 amide bonds. The highest BCUT2D eigenvalue weighted by atomic mass is 16.6. The quantitative estimate of drug-likeness (QED) is 0.0261. The maximum atomic E-state index is 12.8. The zero-order chi connectivity index (χ0) is 55.0. The van der Waals surface area contributed by atoms with E-state index in [1.165, 1.54) is 212 Å². The Morgan fingerprint density at radius 3 is 0.816 bits per heavy atom. The largest absolute Gasteiger partial charge is 0.462 e. The average molecular weight is 1060 g/mol. The summed E-state index contributed by atoms with van der Waals surface area (Å²) in [6.45, 7) is 6.48. The van der Waals surface area contributed by atoms with Crippen LogP contribution in [0.2, 0.25) is 0 Å². The Bertz CT molecular complexity index is 1360. The van der Waals surface area contributed by atoms with Crippen molar-refractivity contribution in [2.75, 3.05) is 13.2 Å². The predicted octanol–water partition coefficient (Wildman–Crippen LogP) is 22.7. The van der Waals surface area contributed by atoms with Crippen LogP contribution in [-0.2, 0) is 28.6 Å². The molecule has 76 heavy (non-hydrogen) atoms. The molecule has 0 rings (SSSR count). The van der Waals surface area contributed by atoms with Gasteiger partial charge in [0, 0.05) is 19.3 Å². The molecule has 0 spiro atoms. The Kier molecular flexibility index (Phi) is 62.2. The summed E-state index contributed by atoms with van der Waals surface area (Å²) in [6.07, 6.45) is 83.0. The Hall–Kier alpha value is -2.89. The van der Waals surface area contributed by atoms with Crippen molar-refractivity contribution in [2.45, 2.75) is 354 Å². The monoisotopic (exact) mass is 1060 g/mol. The number of hydrogen-bond acceptors (Lipinski definition) is 6. The average Bonchev–Trinajstić information content (AvgIpc) is 3.42. The van der Waals surface area contributed by atoms with E-state index in [9.17, 15) is 14.4 Å². The molecule has 0 aliphatic heterocycles. The minimum absolute atomic E-state index is 0.0811. The van der Waals surface area contributed by atoms with Crippen molar-refractivity contribution in [2.24, 2.45) is 0 Å². The van der Waals surface area contributed by atoms with Crippen LogP contribution in [-0.4, -0.2) is 37.2 Å². The van der Waals surface area contributed by atoms with Gasteiger partial charge in [0.25, 0.3) is 0 Å². The van der Waals surface area contributed by atoms with E-state index in [1.807, 2.05) is 0 Å². The highest BCUT2D eigenvalue weighted by Gasteiger charge is 2.19. The molecule has 1 unspecified atom stereocenters. The summed E-state index contributed by atoms with van der Waals surface area (Å²) >= 11 is 0. The van der Waals surface area contributed by atoms with Gasteiger partial charge in [-0.1, -0.05) is 306 Å². The maximum absolute atomic E-state index is 12.8. The third-order valence-electron chi connectivity index (χ3n) is 14.8. The van der Waals surface area contributed by atoms with Gasteiger partial charge in [0.2, 0.25) is 0 Å². The van der Waals surface area contributed by atoms with Crippen LogP contribution in [0, 0.1) is 0 Å². The molecule has 0 aromatic heterocycles. The molecule has 0 saturated heterocycles. The minimum atomic E-state index is -0.783. The van der Waals surface area contributed by atoms with Gasteiger partial charge < -0.3 is 14.2 Å². The molecule has 0 aromatic carbocycles. The standard InChI is InChI=1S/C70H126O6/c1-4-7-10-13-16-18-20-22-24-26-27-28-29-30-31-32-33-34-35-36-37-38-39-40-41-42-43-45-46-48-50-52-54-57-60-63-69(72)75-66-67(65-74-68(71)62-59-56-15-12-9-6-3)76-70(73)64-61-58-55-53-51-49-47-44-25-23-21-19-17-14-11-8-5-2/h8,11,17,19,23,25-27,47,49,67H,4-7,9-10,12-16,18,20-22,24,28-46,48,50-66H2,1-3H3/b11-8-,19-17-,25-23-,27-26-,49-47-. The van der Waals surface area contributed by atoms with E-state index in [1.54, 1.807) is 0 Å². The number of esters is 3. The van der Waals surface area contributed by atoms with E-state index in [-0.39, 0.29) is 31.1 Å². The van der Waals surface area contributed by atoms with Crippen LogP contribution in [0.15, 0.2) is 60.8 Å². The second-order valence-corrected chi connectivity index (χ2v) is 22.4. The van der Waals surface area contributed by atoms with E-state index in [0.717, 1.165) is 96.3 Å². The number of allylic oxidation sites excluding steroid dienone is 10. The van der Waals surface area contributed by atoms with Gasteiger partial charge in [-0.3, -0.25) is 14.4 Å². The molecular weight excluding hydrogens is 937 g/mol. The van der Waals surface area contributed by atoms with Crippen molar-refractivity contribution >= 4 is 17.9 Å². The van der Waals surface area contributed by atoms with E-state index < -0.39 is 6.10 Å². The van der Waals surface area contributed by atoms with Gasteiger partial charge in [-0.2, -0.15) is 0 Å². The molecule has 1 atom stereocenters. The summed E-state index contributed by atoms with van der Waals surface area (Å²) in [7, 11) is 0. The third kappa shape index (κ3) is 62.0. The zero-order valence-corrected chi connectivity index (χ0v) is 50.8. The molecule has 0 saturated carbocycles. The van der Waals surface area contributed by atoms with Gasteiger partial charge in [-0.15, -0.1) is 0 Å². The molecule has 0 heterocycles. The lowest BCUT2D eigenvalue weighted by atomic mass is 10.0. The van der Waals surface area contributed by atoms with Gasteiger partial charge in [0.05, 0.1) is 0 Å². The molecule has 0 bridgehead atoms. The molecular formula is C70H126O6. The van der Waals surface area contributed by atoms with Gasteiger partial charge in [0.1, 0.15) is 13.2 Å². The fourth-order valence-electron chi connectivity index (χ4n) is 9.79. The first-order chi connectivity index (χ1) is 37.5. The molecule has 442 valence electrons. The van der Waals surface area contributed by atoms with E-state index in [2.05, 4.69) is 81.5 Å². The van der Waals surface area contributed by atoms with Gasteiger partial charge in [-0.05, 0) is 83.5 Å². The van der Waals surface area contributed by atoms with Gasteiger partial charge in [0.15, 0.2) is 6.10 Å². The number of ether oxygens (including phenoxy) is 3. The molecule has 0 aromatic rings. The molecule has 0 N–H and O–H groups in total. The van der Waals surface area contributed by atoms with Crippen LogP contribution < -0.4 is 0 Å². The lowest BCUT2D eigenvalue weighted by Crippen LogP contribution is -2.30. The van der Waals surface area contributed by atoms with Crippen LogP contribution in [0.1, 0.15) is 348 Å². The molecule has 0 aliphatic rings. The summed E-state index contributed by atoms with van der Waals surface area (Å²) in [6, 6.07) is 0. The topological polar surface area (TPSA) is 78.9 Å². The number of carbonyl (C=O) groups excluding carboxylic acids is 3. The Morgan fingerprint density at radius 2 is 0.513 bits per heavy atom. The highest BCUT2D eigenvalue weighted by Crippen LogP contribution is 2.18. The van der Waals surface area contributed by atoms with Crippen molar-refractivity contribution in [1.82, 2.24) is 0 Å². The molecule has 6 nitrogen and oxygen atoms in total. The number of hydrogen-bond donors (Lipinski definition) is 0. The van der Waals surface area contributed by atoms with Crippen LogP contribution in [0.3, 0.4) is 0 Å². The second-order valence-electron chi connectivity index (χ2n) is 22.4. The summed E-state index contributed by atoms with van der Waals surface area (Å²) in [4.78, 5) is 37.9. The summed E-state index contributed by atoms with van der Waals surface area (Å²) in [5, 5.41) is 0. The SMILES string of the molecule is CC/C=C\C/C=C\C/C=C\C/C=C\CCCCCCC(=O)OC(COC(=O)CCCCCCCC)COC(=O)CCCCCCCCCCCCCCCCCCCCCCCCC/C=C\CCCCCCCCCC. The van der Waals surface area contributed by atoms with Crippen molar-refractivity contribution in [3.63, 3.8) is 0 Å². The first-order valence-electron chi connectivity index (χ1n) is 33.3. The Morgan fingerprint density at radius 1 is 0.276 bits per heavy atom. The Labute approximate surface area is 472 Å². The molecule has 0 fully saturated rings. The van der Waals surface area contributed by atoms with Crippen molar-refractivity contribution in [3.8, 4) is 0 Å². The van der Waals surface area contributed by atoms with Crippen LogP contribution >= 0.6 is 0 Å². The lowest BCUT2D eigenvalue weighted by molar-refractivity contribution is -0.167. The lowest BCUT2D eigenvalue weighted by Gasteiger charge is -2.18. The highest BCUT2D eigenvalue weighted by molar-refractivity contribution is 5.71.